The molecule has 3 N–H and O–H groups in total. The van der Waals surface area contributed by atoms with Crippen molar-refractivity contribution in [2.75, 3.05) is 20.6 Å². The van der Waals surface area contributed by atoms with E-state index in [1.807, 2.05) is 0 Å². The number of nitrogens with one attached hydrogen (secondary N) is 1. The predicted octanol–water partition coefficient (Wildman–Crippen LogP) is -0.436. The van der Waals surface area contributed by atoms with Crippen LogP contribution in [0.15, 0.2) is 0 Å². The van der Waals surface area contributed by atoms with Crippen LogP contribution in [0.1, 0.15) is 20.3 Å². The van der Waals surface area contributed by atoms with Gasteiger partial charge in [0.15, 0.2) is 0 Å². The number of nitrogens with zero attached hydrogens (tertiary/aromatic N) is 1. The van der Waals surface area contributed by atoms with E-state index < -0.39 is 0 Å². The zero-order chi connectivity index (χ0) is 12.0. The standard InChI is InChI=1S/C10H21N3O2/c1-7(10(15)12-3)6-13(4)9(14)5-8(2)11/h7-8H,5-6,11H2,1-4H3,(H,12,15). The van der Waals surface area contributed by atoms with Crippen LogP contribution in [0.25, 0.3) is 0 Å². The summed E-state index contributed by atoms with van der Waals surface area (Å²) in [6.45, 7) is 3.99. The van der Waals surface area contributed by atoms with Gasteiger partial charge in [0.25, 0.3) is 0 Å². The van der Waals surface area contributed by atoms with E-state index in [-0.39, 0.29) is 23.8 Å². The minimum Gasteiger partial charge on any atom is -0.359 e. The summed E-state index contributed by atoms with van der Waals surface area (Å²) in [7, 11) is 3.27. The van der Waals surface area contributed by atoms with Gasteiger partial charge in [0.1, 0.15) is 0 Å². The third-order valence-corrected chi connectivity index (χ3v) is 2.16. The number of rotatable bonds is 5. The van der Waals surface area contributed by atoms with Gasteiger partial charge in [0, 0.05) is 33.1 Å². The Balaban J connectivity index is 4.06. The zero-order valence-corrected chi connectivity index (χ0v) is 9.91. The van der Waals surface area contributed by atoms with Crippen LogP contribution in [0.4, 0.5) is 0 Å². The first kappa shape index (κ1) is 13.9. The molecular formula is C10H21N3O2. The Hall–Kier alpha value is -1.10. The second-order valence-corrected chi connectivity index (χ2v) is 3.97. The molecular weight excluding hydrogens is 194 g/mol. The molecule has 5 heteroatoms. The molecule has 0 rings (SSSR count). The SMILES string of the molecule is CNC(=O)C(C)CN(C)C(=O)CC(C)N. The average Bonchev–Trinajstić information content (AvgIpc) is 2.15. The van der Waals surface area contributed by atoms with Crippen molar-refractivity contribution in [1.82, 2.24) is 10.2 Å². The average molecular weight is 215 g/mol. The molecule has 2 atom stereocenters. The maximum absolute atomic E-state index is 11.5. The van der Waals surface area contributed by atoms with Crippen LogP contribution in [0.2, 0.25) is 0 Å². The molecule has 0 bridgehead atoms. The maximum atomic E-state index is 11.5. The van der Waals surface area contributed by atoms with Gasteiger partial charge in [-0.3, -0.25) is 9.59 Å². The molecule has 0 aromatic carbocycles. The molecule has 0 fully saturated rings. The quantitative estimate of drug-likeness (QED) is 0.653. The molecule has 0 aromatic heterocycles. The van der Waals surface area contributed by atoms with E-state index in [1.54, 1.807) is 32.8 Å². The van der Waals surface area contributed by atoms with Crippen molar-refractivity contribution >= 4 is 11.8 Å². The summed E-state index contributed by atoms with van der Waals surface area (Å²) < 4.78 is 0. The Morgan fingerprint density at radius 3 is 2.33 bits per heavy atom. The van der Waals surface area contributed by atoms with Crippen LogP contribution < -0.4 is 11.1 Å². The maximum Gasteiger partial charge on any atom is 0.224 e. The first-order chi connectivity index (χ1) is 6.88. The van der Waals surface area contributed by atoms with Crippen molar-refractivity contribution in [2.24, 2.45) is 11.7 Å². The summed E-state index contributed by atoms with van der Waals surface area (Å²) in [5, 5.41) is 2.55. The molecule has 2 unspecified atom stereocenters. The first-order valence-corrected chi connectivity index (χ1v) is 5.09. The molecule has 0 aromatic rings. The largest absolute Gasteiger partial charge is 0.359 e. The van der Waals surface area contributed by atoms with Gasteiger partial charge in [-0.25, -0.2) is 0 Å². The molecule has 88 valence electrons. The van der Waals surface area contributed by atoms with E-state index in [0.29, 0.717) is 13.0 Å². The van der Waals surface area contributed by atoms with Gasteiger partial charge in [-0.2, -0.15) is 0 Å². The Kier molecular flexibility index (Phi) is 5.93. The first-order valence-electron chi connectivity index (χ1n) is 5.09. The monoisotopic (exact) mass is 215 g/mol. The minimum atomic E-state index is -0.197. The van der Waals surface area contributed by atoms with Gasteiger partial charge in [0.05, 0.1) is 5.92 Å². The van der Waals surface area contributed by atoms with Crippen LogP contribution in [0.3, 0.4) is 0 Å². The molecule has 5 nitrogen and oxygen atoms in total. The zero-order valence-electron chi connectivity index (χ0n) is 9.91. The summed E-state index contributed by atoms with van der Waals surface area (Å²) >= 11 is 0. The highest BCUT2D eigenvalue weighted by molar-refractivity contribution is 5.80. The van der Waals surface area contributed by atoms with E-state index in [0.717, 1.165) is 0 Å². The van der Waals surface area contributed by atoms with Crippen LogP contribution in [-0.2, 0) is 9.59 Å². The molecule has 0 aliphatic rings. The highest BCUT2D eigenvalue weighted by Crippen LogP contribution is 2.01. The van der Waals surface area contributed by atoms with Crippen LogP contribution in [0.5, 0.6) is 0 Å². The Labute approximate surface area is 91.0 Å². The summed E-state index contributed by atoms with van der Waals surface area (Å²) in [6.07, 6.45) is 0.316. The van der Waals surface area contributed by atoms with Crippen LogP contribution >= 0.6 is 0 Å². The van der Waals surface area contributed by atoms with Crippen LogP contribution in [0, 0.1) is 5.92 Å². The van der Waals surface area contributed by atoms with Crippen molar-refractivity contribution < 1.29 is 9.59 Å². The van der Waals surface area contributed by atoms with Gasteiger partial charge >= 0.3 is 0 Å². The highest BCUT2D eigenvalue weighted by Gasteiger charge is 2.17. The van der Waals surface area contributed by atoms with Crippen LogP contribution in [-0.4, -0.2) is 43.4 Å². The smallest absolute Gasteiger partial charge is 0.224 e. The lowest BCUT2D eigenvalue weighted by Crippen LogP contribution is -2.39. The summed E-state index contributed by atoms with van der Waals surface area (Å²) in [6, 6.07) is -0.143. The number of carbonyl (C=O) groups is 2. The van der Waals surface area contributed by atoms with Crippen molar-refractivity contribution in [1.29, 1.82) is 0 Å². The van der Waals surface area contributed by atoms with Gasteiger partial charge in [0.2, 0.25) is 11.8 Å². The molecule has 0 saturated heterocycles. The number of carbonyl (C=O) groups excluding carboxylic acids is 2. The van der Waals surface area contributed by atoms with E-state index in [9.17, 15) is 9.59 Å². The molecule has 15 heavy (non-hydrogen) atoms. The van der Waals surface area contributed by atoms with Gasteiger partial charge < -0.3 is 16.0 Å². The molecule has 0 saturated carbocycles. The van der Waals surface area contributed by atoms with Gasteiger partial charge in [-0.1, -0.05) is 6.92 Å². The molecule has 0 heterocycles. The third-order valence-electron chi connectivity index (χ3n) is 2.16. The van der Waals surface area contributed by atoms with Crippen molar-refractivity contribution in [3.8, 4) is 0 Å². The summed E-state index contributed by atoms with van der Waals surface area (Å²) in [5.74, 6) is -0.284. The van der Waals surface area contributed by atoms with Crippen molar-refractivity contribution in [3.63, 3.8) is 0 Å². The fourth-order valence-electron chi connectivity index (χ4n) is 1.27. The third kappa shape index (κ3) is 5.37. The predicted molar refractivity (Wildman–Crippen MR) is 59.1 cm³/mol. The second kappa shape index (κ2) is 6.40. The van der Waals surface area contributed by atoms with E-state index >= 15 is 0 Å². The number of amides is 2. The number of hydrogen-bond donors (Lipinski definition) is 2. The normalized spacial score (nSPS) is 14.2. The fraction of sp³-hybridized carbons (Fsp3) is 0.800. The summed E-state index contributed by atoms with van der Waals surface area (Å²) in [5.41, 5.74) is 5.52. The lowest BCUT2D eigenvalue weighted by molar-refractivity contribution is -0.132. The second-order valence-electron chi connectivity index (χ2n) is 3.97. The minimum absolute atomic E-state index is 0.0271. The molecule has 0 aliphatic heterocycles. The lowest BCUT2D eigenvalue weighted by atomic mass is 10.1. The topological polar surface area (TPSA) is 75.4 Å². The van der Waals surface area contributed by atoms with E-state index in [4.69, 9.17) is 5.73 Å². The van der Waals surface area contributed by atoms with Crippen molar-refractivity contribution in [3.05, 3.63) is 0 Å². The Morgan fingerprint density at radius 2 is 1.93 bits per heavy atom. The number of nitrogens with two attached hydrogens (primary N) is 1. The lowest BCUT2D eigenvalue weighted by Gasteiger charge is -2.21. The number of hydrogen-bond acceptors (Lipinski definition) is 3. The summed E-state index contributed by atoms with van der Waals surface area (Å²) in [4.78, 5) is 24.3. The fourth-order valence-corrected chi connectivity index (χ4v) is 1.27. The Bertz CT molecular complexity index is 229. The Morgan fingerprint density at radius 1 is 1.40 bits per heavy atom. The highest BCUT2D eigenvalue weighted by atomic mass is 16.2. The van der Waals surface area contributed by atoms with E-state index in [2.05, 4.69) is 5.32 Å². The molecule has 0 spiro atoms. The van der Waals surface area contributed by atoms with Crippen molar-refractivity contribution in [2.45, 2.75) is 26.3 Å². The molecule has 0 radical (unpaired) electrons. The van der Waals surface area contributed by atoms with E-state index in [1.165, 1.54) is 0 Å². The molecule has 0 aliphatic carbocycles. The van der Waals surface area contributed by atoms with Gasteiger partial charge in [-0.15, -0.1) is 0 Å². The molecule has 2 amide bonds. The van der Waals surface area contributed by atoms with Gasteiger partial charge in [-0.05, 0) is 6.92 Å².